The number of ether oxygens (including phenoxy) is 2. The first-order chi connectivity index (χ1) is 12.5. The SMILES string of the molecule is COc1cc(OC)cc(C(=O)N2CCS[C@@H]2c2ccc(C(C)C)cc2)c1. The predicted octanol–water partition coefficient (Wildman–Crippen LogP) is 4.72. The van der Waals surface area contributed by atoms with Crippen molar-refractivity contribution in [2.75, 3.05) is 26.5 Å². The van der Waals surface area contributed by atoms with Crippen LogP contribution in [0.25, 0.3) is 0 Å². The Balaban J connectivity index is 1.86. The minimum Gasteiger partial charge on any atom is -0.497 e. The molecule has 0 aromatic heterocycles. The van der Waals surface area contributed by atoms with E-state index in [1.54, 1.807) is 44.2 Å². The molecule has 0 unspecified atom stereocenters. The number of rotatable bonds is 5. The van der Waals surface area contributed by atoms with Crippen LogP contribution in [0.3, 0.4) is 0 Å². The maximum atomic E-state index is 13.1. The van der Waals surface area contributed by atoms with Gasteiger partial charge in [-0.1, -0.05) is 38.1 Å². The summed E-state index contributed by atoms with van der Waals surface area (Å²) in [5.74, 6) is 2.69. The maximum Gasteiger partial charge on any atom is 0.255 e. The van der Waals surface area contributed by atoms with Crippen LogP contribution in [0, 0.1) is 0 Å². The zero-order valence-corrected chi connectivity index (χ0v) is 16.5. The molecule has 2 aromatic carbocycles. The smallest absolute Gasteiger partial charge is 0.255 e. The molecule has 0 aliphatic carbocycles. The lowest BCUT2D eigenvalue weighted by atomic mass is 10.0. The normalized spacial score (nSPS) is 16.8. The second-order valence-corrected chi connectivity index (χ2v) is 7.83. The Morgan fingerprint density at radius 3 is 2.23 bits per heavy atom. The van der Waals surface area contributed by atoms with Crippen LogP contribution in [0.5, 0.6) is 11.5 Å². The van der Waals surface area contributed by atoms with Gasteiger partial charge in [-0.05, 0) is 29.2 Å². The Morgan fingerprint density at radius 1 is 1.08 bits per heavy atom. The van der Waals surface area contributed by atoms with Crippen molar-refractivity contribution in [3.8, 4) is 11.5 Å². The van der Waals surface area contributed by atoms with Gasteiger partial charge >= 0.3 is 0 Å². The zero-order valence-electron chi connectivity index (χ0n) is 15.7. The van der Waals surface area contributed by atoms with Gasteiger partial charge in [-0.25, -0.2) is 0 Å². The number of amides is 1. The summed E-state index contributed by atoms with van der Waals surface area (Å²) >= 11 is 1.80. The minimum atomic E-state index is 0.00476. The van der Waals surface area contributed by atoms with Crippen molar-refractivity contribution in [2.24, 2.45) is 0 Å². The number of carbonyl (C=O) groups is 1. The first-order valence-electron chi connectivity index (χ1n) is 8.79. The van der Waals surface area contributed by atoms with Crippen LogP contribution in [0.2, 0.25) is 0 Å². The fraction of sp³-hybridized carbons (Fsp3) is 0.381. The summed E-state index contributed by atoms with van der Waals surface area (Å²) in [5, 5.41) is 0.0425. The fourth-order valence-electron chi connectivity index (χ4n) is 3.10. The van der Waals surface area contributed by atoms with E-state index < -0.39 is 0 Å². The van der Waals surface area contributed by atoms with Crippen molar-refractivity contribution in [3.63, 3.8) is 0 Å². The molecule has 4 nitrogen and oxygen atoms in total. The summed E-state index contributed by atoms with van der Waals surface area (Å²) in [6, 6.07) is 13.9. The highest BCUT2D eigenvalue weighted by molar-refractivity contribution is 7.99. The first kappa shape index (κ1) is 18.6. The van der Waals surface area contributed by atoms with Crippen LogP contribution in [0.15, 0.2) is 42.5 Å². The second kappa shape index (κ2) is 8.04. The molecule has 1 fully saturated rings. The molecule has 5 heteroatoms. The lowest BCUT2D eigenvalue weighted by molar-refractivity contribution is 0.0759. The van der Waals surface area contributed by atoms with Gasteiger partial charge in [-0.2, -0.15) is 0 Å². The summed E-state index contributed by atoms with van der Waals surface area (Å²) in [6.07, 6.45) is 0. The van der Waals surface area contributed by atoms with Gasteiger partial charge in [0.25, 0.3) is 5.91 Å². The molecule has 0 spiro atoms. The third-order valence-corrected chi connectivity index (χ3v) is 5.90. The zero-order chi connectivity index (χ0) is 18.7. The van der Waals surface area contributed by atoms with Crippen molar-refractivity contribution >= 4 is 17.7 Å². The van der Waals surface area contributed by atoms with Crippen molar-refractivity contribution < 1.29 is 14.3 Å². The summed E-state index contributed by atoms with van der Waals surface area (Å²) in [7, 11) is 3.18. The second-order valence-electron chi connectivity index (χ2n) is 6.64. The molecule has 1 atom stereocenters. The van der Waals surface area contributed by atoms with Crippen LogP contribution < -0.4 is 9.47 Å². The maximum absolute atomic E-state index is 13.1. The number of thioether (sulfide) groups is 1. The Morgan fingerprint density at radius 2 is 1.69 bits per heavy atom. The molecule has 1 saturated heterocycles. The Hall–Kier alpha value is -2.14. The average Bonchev–Trinajstić information content (AvgIpc) is 3.16. The van der Waals surface area contributed by atoms with E-state index in [2.05, 4.69) is 38.1 Å². The van der Waals surface area contributed by atoms with Gasteiger partial charge in [0.15, 0.2) is 0 Å². The molecule has 26 heavy (non-hydrogen) atoms. The summed E-state index contributed by atoms with van der Waals surface area (Å²) in [4.78, 5) is 15.1. The summed E-state index contributed by atoms with van der Waals surface area (Å²) in [6.45, 7) is 5.11. The molecule has 0 bridgehead atoms. The highest BCUT2D eigenvalue weighted by atomic mass is 32.2. The van der Waals surface area contributed by atoms with Crippen LogP contribution in [-0.2, 0) is 0 Å². The highest BCUT2D eigenvalue weighted by Gasteiger charge is 2.31. The van der Waals surface area contributed by atoms with Crippen LogP contribution in [-0.4, -0.2) is 37.3 Å². The van der Waals surface area contributed by atoms with Gasteiger partial charge in [-0.15, -0.1) is 11.8 Å². The van der Waals surface area contributed by atoms with Gasteiger partial charge in [0, 0.05) is 23.9 Å². The van der Waals surface area contributed by atoms with E-state index in [4.69, 9.17) is 9.47 Å². The van der Waals surface area contributed by atoms with Crippen molar-refractivity contribution in [3.05, 3.63) is 59.2 Å². The van der Waals surface area contributed by atoms with E-state index in [-0.39, 0.29) is 11.3 Å². The molecule has 1 aliphatic rings. The third kappa shape index (κ3) is 3.83. The van der Waals surface area contributed by atoms with Gasteiger partial charge in [0.1, 0.15) is 16.9 Å². The Bertz CT molecular complexity index is 751. The molecule has 2 aromatic rings. The molecule has 3 rings (SSSR count). The van der Waals surface area contributed by atoms with Crippen LogP contribution >= 0.6 is 11.8 Å². The third-order valence-electron chi connectivity index (χ3n) is 4.64. The quantitative estimate of drug-likeness (QED) is 0.763. The largest absolute Gasteiger partial charge is 0.497 e. The van der Waals surface area contributed by atoms with E-state index >= 15 is 0 Å². The topological polar surface area (TPSA) is 38.8 Å². The van der Waals surface area contributed by atoms with Gasteiger partial charge in [0.05, 0.1) is 14.2 Å². The number of benzene rings is 2. The molecular weight excluding hydrogens is 346 g/mol. The van der Waals surface area contributed by atoms with Crippen LogP contribution in [0.4, 0.5) is 0 Å². The first-order valence-corrected chi connectivity index (χ1v) is 9.84. The summed E-state index contributed by atoms with van der Waals surface area (Å²) < 4.78 is 10.6. The monoisotopic (exact) mass is 371 g/mol. The molecule has 1 aliphatic heterocycles. The average molecular weight is 372 g/mol. The molecule has 138 valence electrons. The number of carbonyl (C=O) groups excluding carboxylic acids is 1. The fourth-order valence-corrected chi connectivity index (χ4v) is 4.35. The molecular formula is C21H25NO3S. The van der Waals surface area contributed by atoms with Crippen molar-refractivity contribution in [1.29, 1.82) is 0 Å². The predicted molar refractivity (Wildman–Crippen MR) is 106 cm³/mol. The number of hydrogen-bond donors (Lipinski definition) is 0. The van der Waals surface area contributed by atoms with E-state index in [0.29, 0.717) is 23.0 Å². The van der Waals surface area contributed by atoms with Gasteiger partial charge < -0.3 is 14.4 Å². The van der Waals surface area contributed by atoms with Gasteiger partial charge in [0.2, 0.25) is 0 Å². The van der Waals surface area contributed by atoms with Crippen LogP contribution in [0.1, 0.15) is 46.6 Å². The lowest BCUT2D eigenvalue weighted by Crippen LogP contribution is -2.30. The Kier molecular flexibility index (Phi) is 5.77. The molecule has 1 amide bonds. The number of methoxy groups -OCH3 is 2. The molecule has 0 radical (unpaired) electrons. The molecule has 0 saturated carbocycles. The lowest BCUT2D eigenvalue weighted by Gasteiger charge is -2.25. The number of nitrogens with zero attached hydrogens (tertiary/aromatic N) is 1. The standard InChI is InChI=1S/C21H25NO3S/c1-14(2)15-5-7-16(8-6-15)21-22(9-10-26-21)20(23)17-11-18(24-3)13-19(12-17)25-4/h5-8,11-14,21H,9-10H2,1-4H3/t21-/m1/s1. The molecule has 1 heterocycles. The van der Waals surface area contributed by atoms with Crippen molar-refractivity contribution in [1.82, 2.24) is 4.90 Å². The highest BCUT2D eigenvalue weighted by Crippen LogP contribution is 2.39. The van der Waals surface area contributed by atoms with E-state index in [0.717, 1.165) is 12.3 Å². The molecule has 0 N–H and O–H groups in total. The van der Waals surface area contributed by atoms with Gasteiger partial charge in [-0.3, -0.25) is 4.79 Å². The van der Waals surface area contributed by atoms with E-state index in [9.17, 15) is 4.79 Å². The van der Waals surface area contributed by atoms with Crippen molar-refractivity contribution in [2.45, 2.75) is 25.1 Å². The minimum absolute atomic E-state index is 0.00476. The summed E-state index contributed by atoms with van der Waals surface area (Å²) in [5.41, 5.74) is 3.07. The number of hydrogen-bond acceptors (Lipinski definition) is 4. The van der Waals surface area contributed by atoms with E-state index in [1.165, 1.54) is 11.1 Å². The Labute approximate surface area is 159 Å². The van der Waals surface area contributed by atoms with E-state index in [1.807, 2.05) is 4.90 Å².